The predicted octanol–water partition coefficient (Wildman–Crippen LogP) is 7.29. The van der Waals surface area contributed by atoms with Crippen LogP contribution in [0.4, 0.5) is 19.0 Å². The van der Waals surface area contributed by atoms with Crippen LogP contribution in [0.3, 0.4) is 0 Å². The average Bonchev–Trinajstić information content (AvgIpc) is 3.14. The number of anilines is 1. The Morgan fingerprint density at radius 1 is 1.12 bits per heavy atom. The summed E-state index contributed by atoms with van der Waals surface area (Å²) in [4.78, 5) is 25.5. The number of nitrogens with zero attached hydrogens (tertiary/aromatic N) is 4. The maximum absolute atomic E-state index is 13.2. The molecule has 7 nitrogen and oxygen atoms in total. The van der Waals surface area contributed by atoms with Crippen molar-refractivity contribution in [3.8, 4) is 11.4 Å². The Morgan fingerprint density at radius 3 is 2.40 bits per heavy atom. The number of pyridine rings is 1. The summed E-state index contributed by atoms with van der Waals surface area (Å²) in [6, 6.07) is 9.05. The summed E-state index contributed by atoms with van der Waals surface area (Å²) in [5.74, 6) is -0.475. The average molecular weight is 552 g/mol. The van der Waals surface area contributed by atoms with E-state index in [0.29, 0.717) is 39.7 Å². The number of halogens is 3. The Hall–Kier alpha value is -3.95. The van der Waals surface area contributed by atoms with Gasteiger partial charge in [0.25, 0.3) is 0 Å². The standard InChI is InChI=1S/C30H32F3N5O2/c1-16(2)21-12-13-34-23(14-21)25-17(3)24-26(38(25)15-19-8-10-22(11-9-19)30(31,32)33)27(37-28(36-24)29(39)40)35-18(4)20-6-5-7-20/h8-14,16,18,20H,5-7,15H2,1-4H3,(H,39,40)(H,35,36,37)/t18-/m1/s1. The van der Waals surface area contributed by atoms with E-state index in [-0.39, 0.29) is 24.3 Å². The van der Waals surface area contributed by atoms with Crippen LogP contribution < -0.4 is 5.32 Å². The SMILES string of the molecule is Cc1c(-c2cc(C(C)C)ccn2)n(Cc2ccc(C(F)(F)F)cc2)c2c(N[C@H](C)C3CCC3)nc(C(=O)O)nc12. The molecule has 40 heavy (non-hydrogen) atoms. The number of aromatic nitrogens is 4. The predicted molar refractivity (Wildman–Crippen MR) is 148 cm³/mol. The Morgan fingerprint density at radius 2 is 1.82 bits per heavy atom. The van der Waals surface area contributed by atoms with Gasteiger partial charge >= 0.3 is 12.1 Å². The van der Waals surface area contributed by atoms with Crippen molar-refractivity contribution < 1.29 is 23.1 Å². The number of carbonyl (C=O) groups is 1. The van der Waals surface area contributed by atoms with Crippen LogP contribution in [0.1, 0.15) is 78.8 Å². The second kappa shape index (κ2) is 10.6. The van der Waals surface area contributed by atoms with E-state index < -0.39 is 17.7 Å². The van der Waals surface area contributed by atoms with Gasteiger partial charge in [0.15, 0.2) is 5.82 Å². The first-order chi connectivity index (χ1) is 18.9. The van der Waals surface area contributed by atoms with Crippen molar-refractivity contribution in [3.63, 3.8) is 0 Å². The zero-order valence-electron chi connectivity index (χ0n) is 22.9. The van der Waals surface area contributed by atoms with E-state index >= 15 is 0 Å². The number of fused-ring (bicyclic) bond motifs is 1. The maximum Gasteiger partial charge on any atom is 0.416 e. The van der Waals surface area contributed by atoms with Gasteiger partial charge in [0.2, 0.25) is 5.82 Å². The van der Waals surface area contributed by atoms with Gasteiger partial charge in [-0.25, -0.2) is 14.8 Å². The molecular formula is C30H32F3N5O2. The Balaban J connectivity index is 1.74. The number of benzene rings is 1. The van der Waals surface area contributed by atoms with Crippen molar-refractivity contribution in [2.75, 3.05) is 5.32 Å². The zero-order valence-corrected chi connectivity index (χ0v) is 22.9. The molecule has 3 heterocycles. The van der Waals surface area contributed by atoms with E-state index in [1.54, 1.807) is 6.20 Å². The Labute approximate surface area is 230 Å². The molecule has 3 aromatic heterocycles. The summed E-state index contributed by atoms with van der Waals surface area (Å²) in [6.45, 7) is 8.30. The topological polar surface area (TPSA) is 92.9 Å². The number of alkyl halides is 3. The van der Waals surface area contributed by atoms with Crippen molar-refractivity contribution in [2.24, 2.45) is 5.92 Å². The molecule has 0 spiro atoms. The van der Waals surface area contributed by atoms with Crippen LogP contribution >= 0.6 is 0 Å². The van der Waals surface area contributed by atoms with Crippen LogP contribution in [0.5, 0.6) is 0 Å². The molecular weight excluding hydrogens is 519 g/mol. The van der Waals surface area contributed by atoms with Crippen molar-refractivity contribution in [2.45, 2.75) is 71.6 Å². The number of hydrogen-bond donors (Lipinski definition) is 2. The minimum absolute atomic E-state index is 0.0501. The fraction of sp³-hybridized carbons (Fsp3) is 0.400. The van der Waals surface area contributed by atoms with E-state index in [4.69, 9.17) is 0 Å². The first-order valence-electron chi connectivity index (χ1n) is 13.5. The molecule has 0 unspecified atom stereocenters. The minimum atomic E-state index is -4.43. The zero-order chi connectivity index (χ0) is 28.8. The monoisotopic (exact) mass is 551 g/mol. The molecule has 1 saturated carbocycles. The highest BCUT2D eigenvalue weighted by Gasteiger charge is 2.31. The van der Waals surface area contributed by atoms with Crippen LogP contribution in [-0.2, 0) is 12.7 Å². The van der Waals surface area contributed by atoms with Gasteiger partial charge in [-0.3, -0.25) is 4.98 Å². The second-order valence-electron chi connectivity index (χ2n) is 10.9. The lowest BCUT2D eigenvalue weighted by molar-refractivity contribution is -0.137. The number of nitrogens with one attached hydrogen (secondary N) is 1. The van der Waals surface area contributed by atoms with E-state index in [0.717, 1.165) is 42.5 Å². The largest absolute Gasteiger partial charge is 0.475 e. The van der Waals surface area contributed by atoms with Gasteiger partial charge in [-0.1, -0.05) is 32.4 Å². The van der Waals surface area contributed by atoms with Crippen LogP contribution in [0.25, 0.3) is 22.4 Å². The summed E-state index contributed by atoms with van der Waals surface area (Å²) < 4.78 is 41.7. The van der Waals surface area contributed by atoms with E-state index in [9.17, 15) is 23.1 Å². The quantitative estimate of drug-likeness (QED) is 0.239. The van der Waals surface area contributed by atoms with Crippen molar-refractivity contribution in [3.05, 3.63) is 70.7 Å². The van der Waals surface area contributed by atoms with Crippen LogP contribution in [0.2, 0.25) is 0 Å². The lowest BCUT2D eigenvalue weighted by Gasteiger charge is -2.32. The van der Waals surface area contributed by atoms with Crippen molar-refractivity contribution >= 4 is 22.8 Å². The fourth-order valence-electron chi connectivity index (χ4n) is 5.27. The molecule has 1 aliphatic rings. The fourth-order valence-corrected chi connectivity index (χ4v) is 5.27. The second-order valence-corrected chi connectivity index (χ2v) is 10.9. The molecule has 1 fully saturated rings. The van der Waals surface area contributed by atoms with Gasteiger partial charge in [0.1, 0.15) is 5.52 Å². The molecule has 210 valence electrons. The number of rotatable bonds is 8. The summed E-state index contributed by atoms with van der Waals surface area (Å²) in [6.07, 6.45) is 0.615. The normalized spacial score (nSPS) is 14.9. The van der Waals surface area contributed by atoms with E-state index in [2.05, 4.69) is 41.0 Å². The third-order valence-corrected chi connectivity index (χ3v) is 7.86. The first kappa shape index (κ1) is 27.6. The Kier molecular flexibility index (Phi) is 7.29. The van der Waals surface area contributed by atoms with Crippen LogP contribution in [0.15, 0.2) is 42.6 Å². The summed E-state index contributed by atoms with van der Waals surface area (Å²) in [5, 5.41) is 13.3. The molecule has 4 aromatic rings. The smallest absolute Gasteiger partial charge is 0.416 e. The van der Waals surface area contributed by atoms with Crippen LogP contribution in [-0.4, -0.2) is 36.6 Å². The summed E-state index contributed by atoms with van der Waals surface area (Å²) in [5.41, 5.74) is 4.17. The van der Waals surface area contributed by atoms with E-state index in [1.165, 1.54) is 12.1 Å². The number of carboxylic acid groups (broad SMARTS) is 1. The summed E-state index contributed by atoms with van der Waals surface area (Å²) >= 11 is 0. The third kappa shape index (κ3) is 5.26. The van der Waals surface area contributed by atoms with Gasteiger partial charge in [0.05, 0.1) is 22.5 Å². The molecule has 10 heteroatoms. The molecule has 0 bridgehead atoms. The highest BCUT2D eigenvalue weighted by Crippen LogP contribution is 2.38. The minimum Gasteiger partial charge on any atom is -0.475 e. The van der Waals surface area contributed by atoms with Gasteiger partial charge in [-0.2, -0.15) is 13.2 Å². The molecule has 1 atom stereocenters. The highest BCUT2D eigenvalue weighted by molar-refractivity contribution is 5.97. The number of hydrogen-bond acceptors (Lipinski definition) is 5. The van der Waals surface area contributed by atoms with Crippen molar-refractivity contribution in [1.29, 1.82) is 0 Å². The third-order valence-electron chi connectivity index (χ3n) is 7.86. The van der Waals surface area contributed by atoms with Gasteiger partial charge in [-0.15, -0.1) is 0 Å². The lowest BCUT2D eigenvalue weighted by Crippen LogP contribution is -2.31. The molecule has 1 aliphatic carbocycles. The maximum atomic E-state index is 13.2. The lowest BCUT2D eigenvalue weighted by atomic mass is 9.80. The van der Waals surface area contributed by atoms with Gasteiger partial charge < -0.3 is 15.0 Å². The van der Waals surface area contributed by atoms with Gasteiger partial charge in [-0.05, 0) is 73.9 Å². The molecule has 0 amide bonds. The summed E-state index contributed by atoms with van der Waals surface area (Å²) in [7, 11) is 0. The molecule has 2 N–H and O–H groups in total. The number of aromatic carboxylic acids is 1. The molecule has 1 aromatic carbocycles. The number of aryl methyl sites for hydroxylation is 1. The van der Waals surface area contributed by atoms with Gasteiger partial charge in [0, 0.05) is 24.3 Å². The molecule has 0 radical (unpaired) electrons. The Bertz CT molecular complexity index is 1560. The van der Waals surface area contributed by atoms with Crippen molar-refractivity contribution in [1.82, 2.24) is 19.5 Å². The van der Waals surface area contributed by atoms with E-state index in [1.807, 2.05) is 23.6 Å². The molecule has 0 aliphatic heterocycles. The molecule has 0 saturated heterocycles. The number of carboxylic acids is 1. The highest BCUT2D eigenvalue weighted by atomic mass is 19.4. The first-order valence-corrected chi connectivity index (χ1v) is 13.5. The van der Waals surface area contributed by atoms with Crippen LogP contribution in [0, 0.1) is 12.8 Å². The molecule has 5 rings (SSSR count).